The highest BCUT2D eigenvalue weighted by atomic mass is 16.5. The molecule has 0 aromatic heterocycles. The normalized spacial score (nSPS) is 9.69. The van der Waals surface area contributed by atoms with Gasteiger partial charge in [0.2, 0.25) is 5.91 Å². The Hall–Kier alpha value is -1.71. The van der Waals surface area contributed by atoms with Crippen molar-refractivity contribution < 1.29 is 9.53 Å². The number of carbonyl (C=O) groups is 1. The summed E-state index contributed by atoms with van der Waals surface area (Å²) in [4.78, 5) is 13.2. The van der Waals surface area contributed by atoms with Crippen molar-refractivity contribution in [2.24, 2.45) is 0 Å². The first-order valence-electron chi connectivity index (χ1n) is 5.29. The fourth-order valence-electron chi connectivity index (χ4n) is 1.20. The molecule has 0 atom stereocenters. The Labute approximate surface area is 96.2 Å². The summed E-state index contributed by atoms with van der Waals surface area (Å²) in [7, 11) is 3.42. The Morgan fingerprint density at radius 2 is 2.00 bits per heavy atom. The second kappa shape index (κ2) is 6.00. The smallest absolute Gasteiger partial charge is 0.241 e. The van der Waals surface area contributed by atoms with E-state index in [2.05, 4.69) is 5.32 Å². The van der Waals surface area contributed by atoms with Gasteiger partial charge in [0, 0.05) is 19.3 Å². The molecular formula is C12H18N2O2. The van der Waals surface area contributed by atoms with Crippen LogP contribution in [0.1, 0.15) is 6.92 Å². The lowest BCUT2D eigenvalue weighted by Gasteiger charge is -2.15. The summed E-state index contributed by atoms with van der Waals surface area (Å²) in [5.41, 5.74) is 0.915. The summed E-state index contributed by atoms with van der Waals surface area (Å²) < 4.78 is 5.05. The zero-order valence-corrected chi connectivity index (χ0v) is 9.99. The lowest BCUT2D eigenvalue weighted by molar-refractivity contribution is -0.127. The predicted molar refractivity (Wildman–Crippen MR) is 64.8 cm³/mol. The predicted octanol–water partition coefficient (Wildman–Crippen LogP) is 1.59. The van der Waals surface area contributed by atoms with Crippen LogP contribution in [0.25, 0.3) is 0 Å². The molecule has 0 spiro atoms. The fourth-order valence-corrected chi connectivity index (χ4v) is 1.20. The molecule has 1 aromatic rings. The van der Waals surface area contributed by atoms with Gasteiger partial charge in [-0.3, -0.25) is 4.79 Å². The maximum Gasteiger partial charge on any atom is 0.241 e. The zero-order valence-electron chi connectivity index (χ0n) is 9.99. The number of amides is 1. The van der Waals surface area contributed by atoms with Crippen LogP contribution in [0.15, 0.2) is 24.3 Å². The Morgan fingerprint density at radius 1 is 1.38 bits per heavy atom. The SMILES string of the molecule is CCN(C)C(=O)CNc1ccc(OC)cc1. The van der Waals surface area contributed by atoms with Gasteiger partial charge in [-0.05, 0) is 31.2 Å². The van der Waals surface area contributed by atoms with Crippen LogP contribution in [-0.2, 0) is 4.79 Å². The van der Waals surface area contributed by atoms with Crippen molar-refractivity contribution in [3.63, 3.8) is 0 Å². The van der Waals surface area contributed by atoms with E-state index in [1.807, 2.05) is 31.2 Å². The summed E-state index contributed by atoms with van der Waals surface area (Å²) >= 11 is 0. The fraction of sp³-hybridized carbons (Fsp3) is 0.417. The van der Waals surface area contributed by atoms with Crippen LogP contribution in [0.4, 0.5) is 5.69 Å². The number of ether oxygens (including phenoxy) is 1. The molecule has 1 aromatic carbocycles. The largest absolute Gasteiger partial charge is 0.497 e. The molecule has 88 valence electrons. The lowest BCUT2D eigenvalue weighted by atomic mass is 10.3. The summed E-state index contributed by atoms with van der Waals surface area (Å²) in [5.74, 6) is 0.890. The van der Waals surface area contributed by atoms with Gasteiger partial charge < -0.3 is 15.0 Å². The van der Waals surface area contributed by atoms with Crippen LogP contribution in [0.2, 0.25) is 0 Å². The average Bonchev–Trinajstić information content (AvgIpc) is 2.35. The van der Waals surface area contributed by atoms with Crippen molar-refractivity contribution >= 4 is 11.6 Å². The van der Waals surface area contributed by atoms with E-state index in [0.29, 0.717) is 6.54 Å². The minimum Gasteiger partial charge on any atom is -0.497 e. The van der Waals surface area contributed by atoms with Crippen LogP contribution in [0.5, 0.6) is 5.75 Å². The van der Waals surface area contributed by atoms with Crippen molar-refractivity contribution in [1.29, 1.82) is 0 Å². The number of likely N-dealkylation sites (N-methyl/N-ethyl adjacent to an activating group) is 1. The Balaban J connectivity index is 2.45. The number of nitrogens with zero attached hydrogens (tertiary/aromatic N) is 1. The molecule has 1 amide bonds. The standard InChI is InChI=1S/C12H18N2O2/c1-4-14(2)12(15)9-13-10-5-7-11(16-3)8-6-10/h5-8,13H,4,9H2,1-3H3. The highest BCUT2D eigenvalue weighted by molar-refractivity contribution is 5.80. The third-order valence-corrected chi connectivity index (χ3v) is 2.43. The number of rotatable bonds is 5. The van der Waals surface area contributed by atoms with E-state index in [1.165, 1.54) is 0 Å². The van der Waals surface area contributed by atoms with Gasteiger partial charge in [0.1, 0.15) is 5.75 Å². The maximum absolute atomic E-state index is 11.5. The second-order valence-electron chi connectivity index (χ2n) is 3.49. The van der Waals surface area contributed by atoms with Gasteiger partial charge >= 0.3 is 0 Å². The molecule has 0 radical (unpaired) electrons. The van der Waals surface area contributed by atoms with Gasteiger partial charge in [-0.2, -0.15) is 0 Å². The molecule has 1 rings (SSSR count). The first-order chi connectivity index (χ1) is 7.67. The van der Waals surface area contributed by atoms with Crippen LogP contribution in [-0.4, -0.2) is 38.1 Å². The summed E-state index contributed by atoms with van der Waals surface area (Å²) in [6.45, 7) is 2.99. The molecule has 0 bridgehead atoms. The molecule has 0 saturated carbocycles. The van der Waals surface area contributed by atoms with E-state index >= 15 is 0 Å². The number of hydrogen-bond donors (Lipinski definition) is 1. The third kappa shape index (κ3) is 3.46. The Bertz CT molecular complexity index is 335. The van der Waals surface area contributed by atoms with E-state index in [9.17, 15) is 4.79 Å². The van der Waals surface area contributed by atoms with E-state index < -0.39 is 0 Å². The maximum atomic E-state index is 11.5. The van der Waals surface area contributed by atoms with Crippen molar-refractivity contribution in [3.05, 3.63) is 24.3 Å². The molecular weight excluding hydrogens is 204 g/mol. The van der Waals surface area contributed by atoms with Crippen molar-refractivity contribution in [2.75, 3.05) is 32.6 Å². The summed E-state index contributed by atoms with van der Waals surface area (Å²) in [6, 6.07) is 7.49. The van der Waals surface area contributed by atoms with E-state index in [-0.39, 0.29) is 5.91 Å². The van der Waals surface area contributed by atoms with Crippen LogP contribution >= 0.6 is 0 Å². The third-order valence-electron chi connectivity index (χ3n) is 2.43. The highest BCUT2D eigenvalue weighted by Gasteiger charge is 2.05. The molecule has 16 heavy (non-hydrogen) atoms. The Kier molecular flexibility index (Phi) is 4.64. The number of hydrogen-bond acceptors (Lipinski definition) is 3. The average molecular weight is 222 g/mol. The molecule has 4 nitrogen and oxygen atoms in total. The molecule has 0 aliphatic heterocycles. The van der Waals surface area contributed by atoms with Crippen LogP contribution in [0, 0.1) is 0 Å². The molecule has 0 aliphatic rings. The number of methoxy groups -OCH3 is 1. The second-order valence-corrected chi connectivity index (χ2v) is 3.49. The topological polar surface area (TPSA) is 41.6 Å². The first-order valence-corrected chi connectivity index (χ1v) is 5.29. The van der Waals surface area contributed by atoms with Crippen LogP contribution < -0.4 is 10.1 Å². The number of benzene rings is 1. The van der Waals surface area contributed by atoms with E-state index in [1.54, 1.807) is 19.1 Å². The van der Waals surface area contributed by atoms with Gasteiger partial charge in [-0.15, -0.1) is 0 Å². The van der Waals surface area contributed by atoms with E-state index in [0.717, 1.165) is 18.0 Å². The van der Waals surface area contributed by atoms with Crippen LogP contribution in [0.3, 0.4) is 0 Å². The van der Waals surface area contributed by atoms with Gasteiger partial charge in [-0.1, -0.05) is 0 Å². The molecule has 0 unspecified atom stereocenters. The minimum absolute atomic E-state index is 0.0818. The van der Waals surface area contributed by atoms with Crippen molar-refractivity contribution in [2.45, 2.75) is 6.92 Å². The minimum atomic E-state index is 0.0818. The van der Waals surface area contributed by atoms with Gasteiger partial charge in [0.15, 0.2) is 0 Å². The molecule has 0 aliphatic carbocycles. The van der Waals surface area contributed by atoms with Crippen molar-refractivity contribution in [1.82, 2.24) is 4.90 Å². The Morgan fingerprint density at radius 3 is 2.50 bits per heavy atom. The quantitative estimate of drug-likeness (QED) is 0.822. The molecule has 1 N–H and O–H groups in total. The molecule has 4 heteroatoms. The van der Waals surface area contributed by atoms with E-state index in [4.69, 9.17) is 4.74 Å². The zero-order chi connectivity index (χ0) is 12.0. The number of nitrogens with one attached hydrogen (secondary N) is 1. The lowest BCUT2D eigenvalue weighted by Crippen LogP contribution is -2.31. The monoisotopic (exact) mass is 222 g/mol. The first kappa shape index (κ1) is 12.4. The highest BCUT2D eigenvalue weighted by Crippen LogP contribution is 2.14. The van der Waals surface area contributed by atoms with Crippen molar-refractivity contribution in [3.8, 4) is 5.75 Å². The number of carbonyl (C=O) groups excluding carboxylic acids is 1. The summed E-state index contributed by atoms with van der Waals surface area (Å²) in [6.07, 6.45) is 0. The van der Waals surface area contributed by atoms with Gasteiger partial charge in [-0.25, -0.2) is 0 Å². The van der Waals surface area contributed by atoms with Gasteiger partial charge in [0.05, 0.1) is 13.7 Å². The molecule has 0 saturated heterocycles. The number of anilines is 1. The summed E-state index contributed by atoms with van der Waals surface area (Å²) in [5, 5.41) is 3.06. The molecule has 0 heterocycles. The van der Waals surface area contributed by atoms with Gasteiger partial charge in [0.25, 0.3) is 0 Å². The molecule has 0 fully saturated rings.